The standard InChI is InChI=1S/C14H10O.C12H10/c15-14-12-7-3-1-5-10(12)9-11-6-2-4-8-13(11)14;1-3-7-11(8-4-1)12-9-5-2-6-10-12/h1-8H,9H2;1-10H. The molecule has 1 aliphatic carbocycles. The summed E-state index contributed by atoms with van der Waals surface area (Å²) in [6.45, 7) is 0. The average molecular weight is 348 g/mol. The quantitative estimate of drug-likeness (QED) is 0.354. The van der Waals surface area contributed by atoms with Crippen LogP contribution < -0.4 is 0 Å². The van der Waals surface area contributed by atoms with Gasteiger partial charge in [-0.05, 0) is 28.7 Å². The van der Waals surface area contributed by atoms with Crippen LogP contribution in [0.4, 0.5) is 0 Å². The molecule has 0 spiro atoms. The molecule has 27 heavy (non-hydrogen) atoms. The van der Waals surface area contributed by atoms with Gasteiger partial charge in [-0.1, -0.05) is 109 Å². The lowest BCUT2D eigenvalue weighted by atomic mass is 9.85. The van der Waals surface area contributed by atoms with Crippen LogP contribution in [0.2, 0.25) is 0 Å². The van der Waals surface area contributed by atoms with Gasteiger partial charge in [-0.25, -0.2) is 0 Å². The summed E-state index contributed by atoms with van der Waals surface area (Å²) in [4.78, 5) is 12.1. The molecular weight excluding hydrogens is 328 g/mol. The van der Waals surface area contributed by atoms with Crippen LogP contribution in [0, 0.1) is 0 Å². The van der Waals surface area contributed by atoms with Crippen LogP contribution in [0.5, 0.6) is 0 Å². The van der Waals surface area contributed by atoms with Crippen LogP contribution >= 0.6 is 0 Å². The molecule has 0 aliphatic heterocycles. The molecule has 1 heteroatoms. The van der Waals surface area contributed by atoms with E-state index in [0.29, 0.717) is 0 Å². The van der Waals surface area contributed by atoms with Crippen LogP contribution in [0.15, 0.2) is 109 Å². The first-order chi connectivity index (χ1) is 13.3. The molecule has 1 nitrogen and oxygen atoms in total. The zero-order valence-corrected chi connectivity index (χ0v) is 15.0. The normalized spacial score (nSPS) is 11.6. The molecule has 0 bridgehead atoms. The molecule has 130 valence electrons. The Morgan fingerprint density at radius 3 is 1.26 bits per heavy atom. The van der Waals surface area contributed by atoms with E-state index in [-0.39, 0.29) is 5.78 Å². The second-order valence-electron chi connectivity index (χ2n) is 6.55. The summed E-state index contributed by atoms with van der Waals surface area (Å²) in [6.07, 6.45) is 0.873. The Labute approximate surface area is 159 Å². The van der Waals surface area contributed by atoms with Gasteiger partial charge in [0.2, 0.25) is 0 Å². The lowest BCUT2D eigenvalue weighted by Crippen LogP contribution is -2.14. The molecule has 0 saturated carbocycles. The van der Waals surface area contributed by atoms with E-state index < -0.39 is 0 Å². The predicted octanol–water partition coefficient (Wildman–Crippen LogP) is 6.18. The second-order valence-corrected chi connectivity index (χ2v) is 6.55. The van der Waals surface area contributed by atoms with Gasteiger partial charge in [0, 0.05) is 11.1 Å². The number of benzene rings is 4. The molecule has 0 fully saturated rings. The topological polar surface area (TPSA) is 17.1 Å². The first-order valence-corrected chi connectivity index (χ1v) is 9.14. The highest BCUT2D eigenvalue weighted by Gasteiger charge is 2.21. The van der Waals surface area contributed by atoms with Gasteiger partial charge in [-0.15, -0.1) is 0 Å². The van der Waals surface area contributed by atoms with Crippen LogP contribution in [0.3, 0.4) is 0 Å². The van der Waals surface area contributed by atoms with E-state index in [1.807, 2.05) is 60.7 Å². The van der Waals surface area contributed by atoms with E-state index in [1.54, 1.807) is 0 Å². The fourth-order valence-corrected chi connectivity index (χ4v) is 3.40. The molecule has 5 rings (SSSR count). The Hall–Kier alpha value is -3.45. The summed E-state index contributed by atoms with van der Waals surface area (Å²) in [5.41, 5.74) is 6.55. The molecule has 0 unspecified atom stereocenters. The molecule has 0 amide bonds. The van der Waals surface area contributed by atoms with Crippen LogP contribution in [0.25, 0.3) is 11.1 Å². The van der Waals surface area contributed by atoms with Gasteiger partial charge in [0.15, 0.2) is 5.78 Å². The van der Waals surface area contributed by atoms with Crippen molar-refractivity contribution in [2.75, 3.05) is 0 Å². The maximum Gasteiger partial charge on any atom is 0.193 e. The van der Waals surface area contributed by atoms with Gasteiger partial charge in [-0.3, -0.25) is 4.79 Å². The number of carbonyl (C=O) groups excluding carboxylic acids is 1. The zero-order valence-electron chi connectivity index (χ0n) is 15.0. The van der Waals surface area contributed by atoms with E-state index in [0.717, 1.165) is 28.7 Å². The van der Waals surface area contributed by atoms with Crippen molar-refractivity contribution in [3.63, 3.8) is 0 Å². The number of hydrogen-bond donors (Lipinski definition) is 0. The van der Waals surface area contributed by atoms with Gasteiger partial charge in [0.05, 0.1) is 0 Å². The SMILES string of the molecule is O=C1c2ccccc2Cc2ccccc21.c1ccc(-c2ccccc2)cc1. The van der Waals surface area contributed by atoms with Crippen molar-refractivity contribution in [1.29, 1.82) is 0 Å². The number of fused-ring (bicyclic) bond motifs is 2. The highest BCUT2D eigenvalue weighted by Crippen LogP contribution is 2.26. The van der Waals surface area contributed by atoms with Gasteiger partial charge in [0.25, 0.3) is 0 Å². The molecule has 0 heterocycles. The Morgan fingerprint density at radius 2 is 0.815 bits per heavy atom. The average Bonchev–Trinajstić information content (AvgIpc) is 2.76. The zero-order chi connectivity index (χ0) is 18.5. The second kappa shape index (κ2) is 7.84. The monoisotopic (exact) mass is 348 g/mol. The largest absolute Gasteiger partial charge is 0.289 e. The Morgan fingerprint density at radius 1 is 0.444 bits per heavy atom. The Kier molecular flexibility index (Phi) is 4.93. The number of hydrogen-bond acceptors (Lipinski definition) is 1. The number of carbonyl (C=O) groups is 1. The van der Waals surface area contributed by atoms with Crippen molar-refractivity contribution in [2.24, 2.45) is 0 Å². The molecule has 4 aromatic rings. The van der Waals surface area contributed by atoms with E-state index in [4.69, 9.17) is 0 Å². The van der Waals surface area contributed by atoms with Crippen LogP contribution in [-0.2, 0) is 6.42 Å². The molecular formula is C26H20O. The molecule has 1 aliphatic rings. The molecule has 0 atom stereocenters. The summed E-state index contributed by atoms with van der Waals surface area (Å²) in [7, 11) is 0. The maximum absolute atomic E-state index is 12.1. The lowest BCUT2D eigenvalue weighted by Gasteiger charge is -2.17. The predicted molar refractivity (Wildman–Crippen MR) is 111 cm³/mol. The van der Waals surface area contributed by atoms with Crippen molar-refractivity contribution in [2.45, 2.75) is 6.42 Å². The summed E-state index contributed by atoms with van der Waals surface area (Å²) in [5.74, 6) is 0.160. The molecule has 0 aromatic heterocycles. The number of ketones is 1. The summed E-state index contributed by atoms with van der Waals surface area (Å²) in [5, 5.41) is 0. The fraction of sp³-hybridized carbons (Fsp3) is 0.0385. The molecule has 0 saturated heterocycles. The van der Waals surface area contributed by atoms with E-state index in [1.165, 1.54) is 11.1 Å². The molecule has 0 N–H and O–H groups in total. The van der Waals surface area contributed by atoms with Crippen molar-refractivity contribution in [3.05, 3.63) is 131 Å². The third-order valence-corrected chi connectivity index (χ3v) is 4.79. The van der Waals surface area contributed by atoms with Crippen molar-refractivity contribution >= 4 is 5.78 Å². The van der Waals surface area contributed by atoms with Crippen LogP contribution in [-0.4, -0.2) is 5.78 Å². The fourth-order valence-electron chi connectivity index (χ4n) is 3.40. The highest BCUT2D eigenvalue weighted by atomic mass is 16.1. The minimum atomic E-state index is 0.160. The van der Waals surface area contributed by atoms with Gasteiger partial charge in [-0.2, -0.15) is 0 Å². The highest BCUT2D eigenvalue weighted by molar-refractivity contribution is 6.12. The van der Waals surface area contributed by atoms with Crippen LogP contribution in [0.1, 0.15) is 27.0 Å². The van der Waals surface area contributed by atoms with E-state index in [2.05, 4.69) is 48.5 Å². The first-order valence-electron chi connectivity index (χ1n) is 9.14. The third-order valence-electron chi connectivity index (χ3n) is 4.79. The molecule has 4 aromatic carbocycles. The number of rotatable bonds is 1. The van der Waals surface area contributed by atoms with Gasteiger partial charge in [0.1, 0.15) is 0 Å². The molecule has 0 radical (unpaired) electrons. The third kappa shape index (κ3) is 3.73. The minimum absolute atomic E-state index is 0.160. The van der Waals surface area contributed by atoms with E-state index in [9.17, 15) is 4.79 Å². The summed E-state index contributed by atoms with van der Waals surface area (Å²) < 4.78 is 0. The Balaban J connectivity index is 0.000000137. The van der Waals surface area contributed by atoms with E-state index >= 15 is 0 Å². The smallest absolute Gasteiger partial charge is 0.193 e. The lowest BCUT2D eigenvalue weighted by molar-refractivity contribution is 0.103. The summed E-state index contributed by atoms with van der Waals surface area (Å²) in [6, 6.07) is 36.5. The van der Waals surface area contributed by atoms with Gasteiger partial charge >= 0.3 is 0 Å². The minimum Gasteiger partial charge on any atom is -0.289 e. The van der Waals surface area contributed by atoms with Crippen molar-refractivity contribution in [1.82, 2.24) is 0 Å². The maximum atomic E-state index is 12.1. The summed E-state index contributed by atoms with van der Waals surface area (Å²) >= 11 is 0. The van der Waals surface area contributed by atoms with Crippen molar-refractivity contribution < 1.29 is 4.79 Å². The Bertz CT molecular complexity index is 965. The first kappa shape index (κ1) is 17.0. The van der Waals surface area contributed by atoms with Crippen molar-refractivity contribution in [3.8, 4) is 11.1 Å². The van der Waals surface area contributed by atoms with Gasteiger partial charge < -0.3 is 0 Å².